The standard InChI is InChI=1S/C22H23N3O4/c1-28-19-9-7-14(11-20(19)29-2)8-10-21(26)23-15-12-18-22(27)24-16-5-3-4-6-17(16)25(18)13-15/h3-11,15,18H,12-13H2,1-2H3,(H,23,26)(H,24,27). The number of amides is 2. The van der Waals surface area contributed by atoms with Gasteiger partial charge in [0.2, 0.25) is 11.8 Å². The van der Waals surface area contributed by atoms with Crippen molar-refractivity contribution in [3.63, 3.8) is 0 Å². The van der Waals surface area contributed by atoms with E-state index in [0.29, 0.717) is 24.5 Å². The van der Waals surface area contributed by atoms with Crippen molar-refractivity contribution < 1.29 is 19.1 Å². The molecule has 2 aromatic rings. The summed E-state index contributed by atoms with van der Waals surface area (Å²) in [7, 11) is 3.15. The van der Waals surface area contributed by atoms with Crippen LogP contribution in [0.2, 0.25) is 0 Å². The Balaban J connectivity index is 1.41. The Hall–Kier alpha value is -3.48. The highest BCUT2D eigenvalue weighted by atomic mass is 16.5. The number of benzene rings is 2. The number of nitrogens with zero attached hydrogens (tertiary/aromatic N) is 1. The van der Waals surface area contributed by atoms with Gasteiger partial charge in [-0.05, 0) is 42.3 Å². The number of nitrogens with one attached hydrogen (secondary N) is 2. The zero-order valence-electron chi connectivity index (χ0n) is 16.3. The Morgan fingerprint density at radius 1 is 1.17 bits per heavy atom. The largest absolute Gasteiger partial charge is 0.493 e. The third kappa shape index (κ3) is 3.76. The van der Waals surface area contributed by atoms with Crippen molar-refractivity contribution >= 4 is 29.3 Å². The Kier molecular flexibility index (Phi) is 5.12. The van der Waals surface area contributed by atoms with E-state index in [9.17, 15) is 9.59 Å². The van der Waals surface area contributed by atoms with E-state index < -0.39 is 0 Å². The van der Waals surface area contributed by atoms with Gasteiger partial charge in [-0.1, -0.05) is 18.2 Å². The van der Waals surface area contributed by atoms with Crippen LogP contribution in [0.3, 0.4) is 0 Å². The molecule has 0 bridgehead atoms. The second kappa shape index (κ2) is 7.87. The number of rotatable bonds is 5. The quantitative estimate of drug-likeness (QED) is 0.763. The minimum atomic E-state index is -0.259. The van der Waals surface area contributed by atoms with Crippen molar-refractivity contribution in [2.75, 3.05) is 31.0 Å². The van der Waals surface area contributed by atoms with E-state index in [0.717, 1.165) is 16.9 Å². The third-order valence-electron chi connectivity index (χ3n) is 5.26. The van der Waals surface area contributed by atoms with E-state index in [1.807, 2.05) is 30.3 Å². The molecule has 2 aliphatic rings. The molecule has 0 aromatic heterocycles. The summed E-state index contributed by atoms with van der Waals surface area (Å²) >= 11 is 0. The Morgan fingerprint density at radius 2 is 1.97 bits per heavy atom. The van der Waals surface area contributed by atoms with Crippen molar-refractivity contribution in [1.29, 1.82) is 0 Å². The minimum absolute atomic E-state index is 0.0266. The zero-order chi connectivity index (χ0) is 20.4. The SMILES string of the molecule is COc1ccc(C=CC(=O)NC2CC3C(=O)Nc4ccccc4N3C2)cc1OC. The van der Waals surface area contributed by atoms with Crippen molar-refractivity contribution in [1.82, 2.24) is 5.32 Å². The fourth-order valence-electron chi connectivity index (χ4n) is 3.88. The molecular weight excluding hydrogens is 370 g/mol. The molecule has 2 aromatic carbocycles. The van der Waals surface area contributed by atoms with Crippen LogP contribution in [0, 0.1) is 0 Å². The number of para-hydroxylation sites is 2. The van der Waals surface area contributed by atoms with Gasteiger partial charge in [-0.25, -0.2) is 0 Å². The summed E-state index contributed by atoms with van der Waals surface area (Å²) in [6.45, 7) is 0.602. The maximum Gasteiger partial charge on any atom is 0.247 e. The van der Waals surface area contributed by atoms with Crippen molar-refractivity contribution in [3.05, 3.63) is 54.1 Å². The van der Waals surface area contributed by atoms with Gasteiger partial charge < -0.3 is 25.0 Å². The first kappa shape index (κ1) is 18.9. The lowest BCUT2D eigenvalue weighted by atomic mass is 10.1. The Bertz CT molecular complexity index is 972. The second-order valence-electron chi connectivity index (χ2n) is 7.06. The van der Waals surface area contributed by atoms with Gasteiger partial charge >= 0.3 is 0 Å². The van der Waals surface area contributed by atoms with E-state index in [-0.39, 0.29) is 23.9 Å². The van der Waals surface area contributed by atoms with Crippen molar-refractivity contribution in [2.24, 2.45) is 0 Å². The van der Waals surface area contributed by atoms with Crippen LogP contribution in [0.5, 0.6) is 11.5 Å². The molecular formula is C22H23N3O4. The van der Waals surface area contributed by atoms with Crippen LogP contribution in [0.25, 0.3) is 6.08 Å². The predicted octanol–water partition coefficient (Wildman–Crippen LogP) is 2.43. The lowest BCUT2D eigenvalue weighted by molar-refractivity contribution is -0.118. The topological polar surface area (TPSA) is 79.9 Å². The first-order chi connectivity index (χ1) is 14.1. The lowest BCUT2D eigenvalue weighted by Crippen LogP contribution is -2.43. The van der Waals surface area contributed by atoms with Gasteiger partial charge in [-0.15, -0.1) is 0 Å². The normalized spacial score (nSPS) is 20.1. The van der Waals surface area contributed by atoms with Gasteiger partial charge in [0.05, 0.1) is 25.6 Å². The molecule has 4 rings (SSSR count). The number of anilines is 2. The molecule has 1 fully saturated rings. The highest BCUT2D eigenvalue weighted by Crippen LogP contribution is 2.36. The molecule has 2 unspecified atom stereocenters. The second-order valence-corrected chi connectivity index (χ2v) is 7.06. The molecule has 2 amide bonds. The highest BCUT2D eigenvalue weighted by Gasteiger charge is 2.41. The highest BCUT2D eigenvalue weighted by molar-refractivity contribution is 6.04. The van der Waals surface area contributed by atoms with Gasteiger partial charge in [0, 0.05) is 18.7 Å². The molecule has 2 aliphatic heterocycles. The van der Waals surface area contributed by atoms with Crippen LogP contribution in [-0.2, 0) is 9.59 Å². The van der Waals surface area contributed by atoms with Gasteiger partial charge in [0.1, 0.15) is 6.04 Å². The number of hydrogen-bond acceptors (Lipinski definition) is 5. The predicted molar refractivity (Wildman–Crippen MR) is 111 cm³/mol. The van der Waals surface area contributed by atoms with Crippen LogP contribution in [0.15, 0.2) is 48.5 Å². The van der Waals surface area contributed by atoms with E-state index in [4.69, 9.17) is 9.47 Å². The van der Waals surface area contributed by atoms with Crippen LogP contribution in [0.1, 0.15) is 12.0 Å². The van der Waals surface area contributed by atoms with Gasteiger partial charge in [-0.2, -0.15) is 0 Å². The average Bonchev–Trinajstić information content (AvgIpc) is 3.16. The van der Waals surface area contributed by atoms with Gasteiger partial charge in [0.15, 0.2) is 11.5 Å². The zero-order valence-corrected chi connectivity index (χ0v) is 16.3. The minimum Gasteiger partial charge on any atom is -0.493 e. The summed E-state index contributed by atoms with van der Waals surface area (Å²) in [5.41, 5.74) is 2.64. The molecule has 0 aliphatic carbocycles. The van der Waals surface area contributed by atoms with Crippen LogP contribution in [0.4, 0.5) is 11.4 Å². The average molecular weight is 393 g/mol. The van der Waals surface area contributed by atoms with E-state index >= 15 is 0 Å². The van der Waals surface area contributed by atoms with E-state index in [1.54, 1.807) is 32.4 Å². The summed E-state index contributed by atoms with van der Waals surface area (Å²) in [5.74, 6) is 1.02. The van der Waals surface area contributed by atoms with Crippen LogP contribution >= 0.6 is 0 Å². The smallest absolute Gasteiger partial charge is 0.247 e. The van der Waals surface area contributed by atoms with Crippen molar-refractivity contribution in [2.45, 2.75) is 18.5 Å². The summed E-state index contributed by atoms with van der Waals surface area (Å²) in [6.07, 6.45) is 3.80. The lowest BCUT2D eigenvalue weighted by Gasteiger charge is -2.32. The van der Waals surface area contributed by atoms with E-state index in [2.05, 4.69) is 15.5 Å². The molecule has 0 saturated carbocycles. The van der Waals surface area contributed by atoms with Crippen molar-refractivity contribution in [3.8, 4) is 11.5 Å². The maximum absolute atomic E-state index is 12.4. The van der Waals surface area contributed by atoms with Gasteiger partial charge in [0.25, 0.3) is 0 Å². The number of fused-ring (bicyclic) bond motifs is 3. The third-order valence-corrected chi connectivity index (χ3v) is 5.26. The summed E-state index contributed by atoms with van der Waals surface area (Å²) in [5, 5.41) is 5.95. The summed E-state index contributed by atoms with van der Waals surface area (Å²) in [6, 6.07) is 12.8. The maximum atomic E-state index is 12.4. The fourth-order valence-corrected chi connectivity index (χ4v) is 3.88. The molecule has 29 heavy (non-hydrogen) atoms. The number of hydrogen-bond donors (Lipinski definition) is 2. The fraction of sp³-hybridized carbons (Fsp3) is 0.273. The first-order valence-corrected chi connectivity index (χ1v) is 9.46. The summed E-state index contributed by atoms with van der Waals surface area (Å²) < 4.78 is 10.5. The molecule has 0 radical (unpaired) electrons. The van der Waals surface area contributed by atoms with E-state index in [1.165, 1.54) is 6.08 Å². The molecule has 7 nitrogen and oxygen atoms in total. The molecule has 1 saturated heterocycles. The Morgan fingerprint density at radius 3 is 2.76 bits per heavy atom. The van der Waals surface area contributed by atoms with Crippen LogP contribution < -0.4 is 25.0 Å². The summed E-state index contributed by atoms with van der Waals surface area (Å²) in [4.78, 5) is 26.9. The number of carbonyl (C=O) groups excluding carboxylic acids is 2. The molecule has 0 spiro atoms. The number of methoxy groups -OCH3 is 2. The molecule has 2 heterocycles. The number of carbonyl (C=O) groups is 2. The molecule has 150 valence electrons. The van der Waals surface area contributed by atoms with Crippen LogP contribution in [-0.4, -0.2) is 44.7 Å². The monoisotopic (exact) mass is 393 g/mol. The first-order valence-electron chi connectivity index (χ1n) is 9.46. The molecule has 7 heteroatoms. The Labute approximate surface area is 169 Å². The molecule has 2 N–H and O–H groups in total. The molecule has 2 atom stereocenters. The van der Waals surface area contributed by atoms with Gasteiger partial charge in [-0.3, -0.25) is 9.59 Å². The number of ether oxygens (including phenoxy) is 2.